The SMILES string of the molecule is CC(/C=C(/C)[N-]c1c(C(C)C)cccc1C(C)C)=Nc1c(C(C)C)cccc1C(C)C.Cc1ccccc1.[Mg+2].[c-]1cnccn1. The Morgan fingerprint density at radius 1 is 0.689 bits per heavy atom. The van der Waals surface area contributed by atoms with Crippen LogP contribution in [0.2, 0.25) is 0 Å². The Kier molecular flexibility index (Phi) is 18.3. The Hall–Kier alpha value is -3.28. The summed E-state index contributed by atoms with van der Waals surface area (Å²) >= 11 is 0. The molecular formula is C40H52MgN4. The van der Waals surface area contributed by atoms with Crippen molar-refractivity contribution < 1.29 is 0 Å². The minimum atomic E-state index is 0. The first-order chi connectivity index (χ1) is 20.9. The largest absolute Gasteiger partial charge is 2.00 e. The summed E-state index contributed by atoms with van der Waals surface area (Å²) in [6.07, 6.45) is 9.35. The smallest absolute Gasteiger partial charge is 0.661 e. The van der Waals surface area contributed by atoms with E-state index in [-0.39, 0.29) is 23.1 Å². The molecule has 0 aliphatic rings. The quantitative estimate of drug-likeness (QED) is 0.113. The van der Waals surface area contributed by atoms with Crippen LogP contribution < -0.4 is 0 Å². The molecule has 0 bridgehead atoms. The third-order valence-corrected chi connectivity index (χ3v) is 7.05. The summed E-state index contributed by atoms with van der Waals surface area (Å²) < 4.78 is 0. The van der Waals surface area contributed by atoms with E-state index >= 15 is 0 Å². The third kappa shape index (κ3) is 13.7. The van der Waals surface area contributed by atoms with Crippen molar-refractivity contribution in [3.05, 3.63) is 136 Å². The molecule has 3 aromatic carbocycles. The molecule has 4 aromatic rings. The summed E-state index contributed by atoms with van der Waals surface area (Å²) in [5.41, 5.74) is 10.8. The van der Waals surface area contributed by atoms with Crippen LogP contribution in [-0.4, -0.2) is 38.7 Å². The van der Waals surface area contributed by atoms with Gasteiger partial charge < -0.3 is 15.3 Å². The molecule has 0 aliphatic carbocycles. The maximum Gasteiger partial charge on any atom is 2.00 e. The van der Waals surface area contributed by atoms with Crippen LogP contribution in [-0.2, 0) is 0 Å². The topological polar surface area (TPSA) is 52.2 Å². The van der Waals surface area contributed by atoms with E-state index in [1.54, 1.807) is 12.4 Å². The zero-order valence-electron chi connectivity index (χ0n) is 29.5. The summed E-state index contributed by atoms with van der Waals surface area (Å²) in [7, 11) is 0. The number of aromatic nitrogens is 2. The predicted molar refractivity (Wildman–Crippen MR) is 197 cm³/mol. The summed E-state index contributed by atoms with van der Waals surface area (Å²) in [4.78, 5) is 12.3. The van der Waals surface area contributed by atoms with Gasteiger partial charge in [-0.15, -0.1) is 18.1 Å². The van der Waals surface area contributed by atoms with E-state index in [0.29, 0.717) is 23.7 Å². The molecule has 0 amide bonds. The molecule has 0 atom stereocenters. The van der Waals surface area contributed by atoms with Gasteiger partial charge in [0.05, 0.1) is 5.69 Å². The van der Waals surface area contributed by atoms with Crippen LogP contribution in [0.4, 0.5) is 11.4 Å². The maximum atomic E-state index is 5.08. The predicted octanol–water partition coefficient (Wildman–Crippen LogP) is 11.8. The number of aliphatic imine (C=N–C) groups is 1. The van der Waals surface area contributed by atoms with Crippen molar-refractivity contribution in [1.29, 1.82) is 0 Å². The van der Waals surface area contributed by atoms with Gasteiger partial charge in [-0.1, -0.05) is 152 Å². The van der Waals surface area contributed by atoms with Gasteiger partial charge in [-0.3, -0.25) is 4.99 Å². The number of allylic oxidation sites excluding steroid dienone is 2. The zero-order chi connectivity index (χ0) is 32.6. The van der Waals surface area contributed by atoms with E-state index in [1.807, 2.05) is 18.2 Å². The number of hydrogen-bond donors (Lipinski definition) is 0. The molecule has 4 rings (SSSR count). The van der Waals surface area contributed by atoms with Crippen LogP contribution in [0.25, 0.3) is 5.32 Å². The number of nitrogens with zero attached hydrogens (tertiary/aromatic N) is 4. The molecular weight excluding hydrogens is 561 g/mol. The van der Waals surface area contributed by atoms with E-state index < -0.39 is 0 Å². The first-order valence-electron chi connectivity index (χ1n) is 15.8. The van der Waals surface area contributed by atoms with Crippen molar-refractivity contribution >= 4 is 40.1 Å². The second kappa shape index (κ2) is 20.7. The second-order valence-corrected chi connectivity index (χ2v) is 12.3. The van der Waals surface area contributed by atoms with Crippen LogP contribution in [0, 0.1) is 13.1 Å². The van der Waals surface area contributed by atoms with E-state index in [4.69, 9.17) is 10.3 Å². The third-order valence-electron chi connectivity index (χ3n) is 7.05. The van der Waals surface area contributed by atoms with Gasteiger partial charge in [0.1, 0.15) is 0 Å². The maximum absolute atomic E-state index is 5.08. The number of benzene rings is 3. The normalized spacial score (nSPS) is 11.4. The number of para-hydroxylation sites is 2. The fourth-order valence-electron chi connectivity index (χ4n) is 4.76. The second-order valence-electron chi connectivity index (χ2n) is 12.3. The van der Waals surface area contributed by atoms with Crippen molar-refractivity contribution in [2.75, 3.05) is 0 Å². The van der Waals surface area contributed by atoms with Gasteiger partial charge in [-0.05, 0) is 61.0 Å². The monoisotopic (exact) mass is 612 g/mol. The molecule has 4 nitrogen and oxygen atoms in total. The average Bonchev–Trinajstić information content (AvgIpc) is 2.98. The van der Waals surface area contributed by atoms with Gasteiger partial charge in [-0.25, -0.2) is 0 Å². The van der Waals surface area contributed by atoms with Crippen molar-refractivity contribution in [2.24, 2.45) is 4.99 Å². The molecule has 0 N–H and O–H groups in total. The molecule has 1 heterocycles. The average molecular weight is 613 g/mol. The van der Waals surface area contributed by atoms with Gasteiger partial charge in [0.25, 0.3) is 0 Å². The van der Waals surface area contributed by atoms with Gasteiger partial charge in [0, 0.05) is 5.71 Å². The molecule has 0 fully saturated rings. The van der Waals surface area contributed by atoms with E-state index in [0.717, 1.165) is 22.8 Å². The molecule has 0 saturated carbocycles. The Morgan fingerprint density at radius 2 is 1.18 bits per heavy atom. The van der Waals surface area contributed by atoms with Gasteiger partial charge in [0.2, 0.25) is 0 Å². The molecule has 0 saturated heterocycles. The van der Waals surface area contributed by atoms with Crippen LogP contribution in [0.1, 0.15) is 121 Å². The fraction of sp³-hybridized carbons (Fsp3) is 0.375. The molecule has 1 aromatic heterocycles. The molecule has 234 valence electrons. The molecule has 5 heteroatoms. The number of aryl methyl sites for hydroxylation is 1. The standard InChI is InChI=1S/C29H41N2.C7H8.C4H3N2.Mg/c1-18(2)24-13-11-14-25(19(3)4)28(24)30-22(9)17-23(10)31-29-26(20(5)6)15-12-16-27(29)21(7)8;1-7-5-3-2-4-6-7;1-2-6-4-3-5-1;/h11-21H,1-10H3;2-6H,1H3;1-3H;/q-1;;-1;+2/b22-17-,31-23?;;;. The number of hydrogen-bond acceptors (Lipinski definition) is 3. The minimum Gasteiger partial charge on any atom is -0.661 e. The van der Waals surface area contributed by atoms with Crippen molar-refractivity contribution in [1.82, 2.24) is 9.97 Å². The zero-order valence-corrected chi connectivity index (χ0v) is 30.9. The summed E-state index contributed by atoms with van der Waals surface area (Å²) in [6, 6.07) is 23.4. The van der Waals surface area contributed by atoms with Gasteiger partial charge in [0.15, 0.2) is 0 Å². The van der Waals surface area contributed by atoms with E-state index in [1.165, 1.54) is 34.0 Å². The Morgan fingerprint density at radius 3 is 1.51 bits per heavy atom. The van der Waals surface area contributed by atoms with E-state index in [2.05, 4.69) is 147 Å². The van der Waals surface area contributed by atoms with Crippen LogP contribution in [0.3, 0.4) is 0 Å². The first kappa shape index (κ1) is 39.7. The molecule has 0 radical (unpaired) electrons. The minimum absolute atomic E-state index is 0. The van der Waals surface area contributed by atoms with Crippen LogP contribution in [0.15, 0.2) is 102 Å². The first-order valence-corrected chi connectivity index (χ1v) is 15.8. The van der Waals surface area contributed by atoms with Crippen molar-refractivity contribution in [3.63, 3.8) is 0 Å². The van der Waals surface area contributed by atoms with Gasteiger partial charge in [-0.2, -0.15) is 5.70 Å². The summed E-state index contributed by atoms with van der Waals surface area (Å²) in [5.74, 6) is 1.75. The van der Waals surface area contributed by atoms with E-state index in [9.17, 15) is 0 Å². The molecule has 0 unspecified atom stereocenters. The van der Waals surface area contributed by atoms with Crippen molar-refractivity contribution in [3.8, 4) is 0 Å². The van der Waals surface area contributed by atoms with Gasteiger partial charge >= 0.3 is 23.1 Å². The summed E-state index contributed by atoms with van der Waals surface area (Å²) in [5, 5.41) is 5.08. The fourth-order valence-corrected chi connectivity index (χ4v) is 4.76. The molecule has 45 heavy (non-hydrogen) atoms. The van der Waals surface area contributed by atoms with Crippen LogP contribution in [0.5, 0.6) is 0 Å². The Bertz CT molecular complexity index is 1380. The Labute approximate surface area is 290 Å². The molecule has 0 spiro atoms. The summed E-state index contributed by atoms with van der Waals surface area (Å²) in [6.45, 7) is 24.1. The van der Waals surface area contributed by atoms with Crippen LogP contribution >= 0.6 is 0 Å². The Balaban J connectivity index is 0.000000590. The number of rotatable bonds is 8. The van der Waals surface area contributed by atoms with Crippen molar-refractivity contribution in [2.45, 2.75) is 99.8 Å². The molecule has 0 aliphatic heterocycles.